The van der Waals surface area contributed by atoms with Crippen molar-refractivity contribution in [1.82, 2.24) is 10.0 Å². The van der Waals surface area contributed by atoms with Gasteiger partial charge in [-0.05, 0) is 5.92 Å². The summed E-state index contributed by atoms with van der Waals surface area (Å²) in [6.07, 6.45) is 0.646. The zero-order chi connectivity index (χ0) is 9.84. The van der Waals surface area contributed by atoms with Crippen molar-refractivity contribution in [3.63, 3.8) is 0 Å². The van der Waals surface area contributed by atoms with Gasteiger partial charge in [-0.25, -0.2) is 5.01 Å². The van der Waals surface area contributed by atoms with Crippen molar-refractivity contribution in [3.8, 4) is 0 Å². The van der Waals surface area contributed by atoms with Gasteiger partial charge in [0.15, 0.2) is 0 Å². The summed E-state index contributed by atoms with van der Waals surface area (Å²) in [5, 5.41) is 3.90. The molecule has 2 N–H and O–H groups in total. The molecule has 1 aliphatic rings. The molecule has 1 rings (SSSR count). The average molecular weight is 185 g/mol. The van der Waals surface area contributed by atoms with Gasteiger partial charge in [-0.2, -0.15) is 0 Å². The minimum Gasteiger partial charge on any atom is -0.329 e. The molecule has 1 amide bonds. The monoisotopic (exact) mass is 185 g/mol. The molecule has 1 fully saturated rings. The highest BCUT2D eigenvalue weighted by Crippen LogP contribution is 2.13. The number of hydrogen-bond donors (Lipinski definition) is 1. The molecular formula is C9H19N3O. The van der Waals surface area contributed by atoms with Gasteiger partial charge in [-0.3, -0.25) is 9.80 Å². The van der Waals surface area contributed by atoms with E-state index < -0.39 is 0 Å². The van der Waals surface area contributed by atoms with Crippen LogP contribution in [-0.4, -0.2) is 42.1 Å². The van der Waals surface area contributed by atoms with Crippen LogP contribution in [0, 0.1) is 5.92 Å². The summed E-state index contributed by atoms with van der Waals surface area (Å²) in [7, 11) is 0. The number of nitrogens with zero attached hydrogens (tertiary/aromatic N) is 2. The lowest BCUT2D eigenvalue weighted by Gasteiger charge is -2.28. The third-order valence-electron chi connectivity index (χ3n) is 2.13. The molecule has 0 bridgehead atoms. The second-order valence-electron chi connectivity index (χ2n) is 3.86. The molecule has 76 valence electrons. The van der Waals surface area contributed by atoms with Crippen molar-refractivity contribution in [2.75, 3.05) is 26.2 Å². The Bertz CT molecular complexity index is 182. The Morgan fingerprint density at radius 2 is 2.23 bits per heavy atom. The SMILES string of the molecule is CC(C)CN1CCC(=O)N1CCN. The van der Waals surface area contributed by atoms with Gasteiger partial charge in [-0.15, -0.1) is 0 Å². The first-order valence-corrected chi connectivity index (χ1v) is 4.90. The molecule has 0 spiro atoms. The summed E-state index contributed by atoms with van der Waals surface area (Å²) in [5.74, 6) is 0.803. The van der Waals surface area contributed by atoms with Crippen molar-refractivity contribution >= 4 is 5.91 Å². The number of amides is 1. The van der Waals surface area contributed by atoms with Crippen molar-refractivity contribution in [1.29, 1.82) is 0 Å². The maximum absolute atomic E-state index is 11.4. The molecule has 0 aromatic heterocycles. The van der Waals surface area contributed by atoms with Gasteiger partial charge in [0.1, 0.15) is 0 Å². The number of rotatable bonds is 4. The van der Waals surface area contributed by atoms with E-state index in [1.807, 2.05) is 0 Å². The molecule has 0 radical (unpaired) electrons. The van der Waals surface area contributed by atoms with Crippen molar-refractivity contribution < 1.29 is 4.79 Å². The van der Waals surface area contributed by atoms with Gasteiger partial charge in [-0.1, -0.05) is 13.8 Å². The Morgan fingerprint density at radius 3 is 2.77 bits per heavy atom. The molecule has 0 saturated carbocycles. The number of carbonyl (C=O) groups is 1. The van der Waals surface area contributed by atoms with Gasteiger partial charge in [0, 0.05) is 32.6 Å². The lowest BCUT2D eigenvalue weighted by atomic mass is 10.2. The second-order valence-corrected chi connectivity index (χ2v) is 3.86. The molecule has 0 aromatic carbocycles. The summed E-state index contributed by atoms with van der Waals surface area (Å²) in [4.78, 5) is 11.4. The van der Waals surface area contributed by atoms with Gasteiger partial charge < -0.3 is 5.73 Å². The minimum atomic E-state index is 0.214. The highest BCUT2D eigenvalue weighted by Gasteiger charge is 2.27. The highest BCUT2D eigenvalue weighted by atomic mass is 16.2. The van der Waals surface area contributed by atoms with Crippen LogP contribution in [0.15, 0.2) is 0 Å². The van der Waals surface area contributed by atoms with Crippen LogP contribution < -0.4 is 5.73 Å². The van der Waals surface area contributed by atoms with Crippen LogP contribution in [-0.2, 0) is 4.79 Å². The van der Waals surface area contributed by atoms with E-state index in [2.05, 4.69) is 18.9 Å². The van der Waals surface area contributed by atoms with Crippen LogP contribution in [0.5, 0.6) is 0 Å². The van der Waals surface area contributed by atoms with Crippen LogP contribution in [0.25, 0.3) is 0 Å². The summed E-state index contributed by atoms with van der Waals surface area (Å²) in [5.41, 5.74) is 5.44. The Morgan fingerprint density at radius 1 is 1.54 bits per heavy atom. The lowest BCUT2D eigenvalue weighted by molar-refractivity contribution is -0.138. The zero-order valence-corrected chi connectivity index (χ0v) is 8.49. The number of carbonyl (C=O) groups excluding carboxylic acids is 1. The summed E-state index contributed by atoms with van der Waals surface area (Å²) >= 11 is 0. The molecule has 0 aromatic rings. The first-order valence-electron chi connectivity index (χ1n) is 4.90. The first-order chi connectivity index (χ1) is 6.15. The van der Waals surface area contributed by atoms with Crippen LogP contribution in [0.1, 0.15) is 20.3 Å². The van der Waals surface area contributed by atoms with E-state index in [-0.39, 0.29) is 5.91 Å². The predicted molar refractivity (Wildman–Crippen MR) is 51.8 cm³/mol. The molecule has 4 heteroatoms. The maximum atomic E-state index is 11.4. The minimum absolute atomic E-state index is 0.214. The fourth-order valence-electron chi connectivity index (χ4n) is 1.63. The fraction of sp³-hybridized carbons (Fsp3) is 0.889. The lowest BCUT2D eigenvalue weighted by Crippen LogP contribution is -2.43. The van der Waals surface area contributed by atoms with Gasteiger partial charge >= 0.3 is 0 Å². The summed E-state index contributed by atoms with van der Waals surface area (Å²) in [6.45, 7) is 7.32. The maximum Gasteiger partial charge on any atom is 0.238 e. The van der Waals surface area contributed by atoms with E-state index in [0.29, 0.717) is 25.4 Å². The highest BCUT2D eigenvalue weighted by molar-refractivity contribution is 5.77. The quantitative estimate of drug-likeness (QED) is 0.673. The van der Waals surface area contributed by atoms with Crippen LogP contribution >= 0.6 is 0 Å². The van der Waals surface area contributed by atoms with Crippen molar-refractivity contribution in [2.24, 2.45) is 11.7 Å². The van der Waals surface area contributed by atoms with Crippen LogP contribution in [0.3, 0.4) is 0 Å². The van der Waals surface area contributed by atoms with Crippen LogP contribution in [0.4, 0.5) is 0 Å². The molecule has 0 aliphatic carbocycles. The summed E-state index contributed by atoms with van der Waals surface area (Å²) in [6, 6.07) is 0. The number of nitrogens with two attached hydrogens (primary N) is 1. The Labute approximate surface area is 79.6 Å². The van der Waals surface area contributed by atoms with Crippen molar-refractivity contribution in [2.45, 2.75) is 20.3 Å². The van der Waals surface area contributed by atoms with Gasteiger partial charge in [0.2, 0.25) is 5.91 Å². The molecule has 1 saturated heterocycles. The Kier molecular flexibility index (Phi) is 3.69. The van der Waals surface area contributed by atoms with Crippen molar-refractivity contribution in [3.05, 3.63) is 0 Å². The molecule has 4 nitrogen and oxygen atoms in total. The normalized spacial score (nSPS) is 19.1. The Balaban J connectivity index is 2.48. The number of hydrazine groups is 1. The molecule has 0 atom stereocenters. The van der Waals surface area contributed by atoms with E-state index in [9.17, 15) is 4.79 Å². The average Bonchev–Trinajstić information content (AvgIpc) is 2.35. The third-order valence-corrected chi connectivity index (χ3v) is 2.13. The zero-order valence-electron chi connectivity index (χ0n) is 8.49. The molecule has 13 heavy (non-hydrogen) atoms. The molecular weight excluding hydrogens is 166 g/mol. The van der Waals surface area contributed by atoms with E-state index in [1.54, 1.807) is 5.01 Å². The number of hydrogen-bond acceptors (Lipinski definition) is 3. The second kappa shape index (κ2) is 4.58. The van der Waals surface area contributed by atoms with Gasteiger partial charge in [0.05, 0.1) is 0 Å². The standard InChI is InChI=1S/C9H19N3O/c1-8(2)7-11-5-3-9(13)12(11)6-4-10/h8H,3-7,10H2,1-2H3. The first kappa shape index (κ1) is 10.5. The van der Waals surface area contributed by atoms with E-state index in [0.717, 1.165) is 13.1 Å². The van der Waals surface area contributed by atoms with Crippen LogP contribution in [0.2, 0.25) is 0 Å². The summed E-state index contributed by atoms with van der Waals surface area (Å²) < 4.78 is 0. The van der Waals surface area contributed by atoms with E-state index >= 15 is 0 Å². The molecule has 1 aliphatic heterocycles. The Hall–Kier alpha value is -0.610. The van der Waals surface area contributed by atoms with Gasteiger partial charge in [0.25, 0.3) is 0 Å². The molecule has 0 unspecified atom stereocenters. The van der Waals surface area contributed by atoms with E-state index in [4.69, 9.17) is 5.73 Å². The smallest absolute Gasteiger partial charge is 0.238 e. The molecule has 1 heterocycles. The fourth-order valence-corrected chi connectivity index (χ4v) is 1.63. The van der Waals surface area contributed by atoms with E-state index in [1.165, 1.54) is 0 Å². The third kappa shape index (κ3) is 2.67. The largest absolute Gasteiger partial charge is 0.329 e. The predicted octanol–water partition coefficient (Wildman–Crippen LogP) is 0.0504. The topological polar surface area (TPSA) is 49.6 Å².